The molecule has 0 aliphatic rings. The summed E-state index contributed by atoms with van der Waals surface area (Å²) < 4.78 is 0. The van der Waals surface area contributed by atoms with Gasteiger partial charge in [0.1, 0.15) is 0 Å². The molecule has 0 heterocycles. The zero-order valence-electron chi connectivity index (χ0n) is 7.51. The van der Waals surface area contributed by atoms with E-state index in [0.29, 0.717) is 0 Å². The van der Waals surface area contributed by atoms with Crippen molar-refractivity contribution in [1.82, 2.24) is 0 Å². The first kappa shape index (κ1) is 29.7. The van der Waals surface area contributed by atoms with E-state index in [4.69, 9.17) is 23.2 Å². The van der Waals surface area contributed by atoms with Crippen LogP contribution in [0.1, 0.15) is 0 Å². The second-order valence-corrected chi connectivity index (χ2v) is 1.35. The second kappa shape index (κ2) is 36.4. The highest BCUT2D eigenvalue weighted by Crippen LogP contribution is 1.52. The molecule has 0 aromatic rings. The summed E-state index contributed by atoms with van der Waals surface area (Å²) in [6, 6.07) is 0. The van der Waals surface area contributed by atoms with E-state index in [1.165, 1.54) is 14.1 Å². The van der Waals surface area contributed by atoms with E-state index in [9.17, 15) is 0 Å². The van der Waals surface area contributed by atoms with Crippen LogP contribution in [-0.4, -0.2) is 124 Å². The lowest BCUT2D eigenvalue weighted by molar-refractivity contribution is 3.85. The Morgan fingerprint density at radius 3 is 1.00 bits per heavy atom. The molecule has 21 radical (unpaired) electrons. The van der Waals surface area contributed by atoms with E-state index < -0.39 is 6.39 Å². The molecule has 0 aromatic heterocycles. The number of hydrogen-bond acceptors (Lipinski definition) is 0. The Bertz CT molecular complexity index is 43.6. The molecule has 14 heavy (non-hydrogen) atoms. The average Bonchev–Trinajstić information content (AvgIpc) is 1.89. The van der Waals surface area contributed by atoms with Gasteiger partial charge in [-0.1, -0.05) is 0 Å². The van der Waals surface area contributed by atoms with Crippen molar-refractivity contribution in [2.24, 2.45) is 0 Å². The largest absolute Gasteiger partial charge is 0.187 e. The van der Waals surface area contributed by atoms with Crippen LogP contribution < -0.4 is 0 Å². The molecule has 0 N–H and O–H groups in total. The summed E-state index contributed by atoms with van der Waals surface area (Å²) in [6.45, 7) is 0. The lowest BCUT2D eigenvalue weighted by atomic mass is 8.91. The lowest BCUT2D eigenvalue weighted by Gasteiger charge is -1.90. The average molecular weight is 187 g/mol. The van der Waals surface area contributed by atoms with Crippen LogP contribution in [0.5, 0.6) is 0 Å². The molecule has 0 bridgehead atoms. The smallest absolute Gasteiger partial charge is 0 e. The van der Waals surface area contributed by atoms with Crippen molar-refractivity contribution in [2.75, 3.05) is 0 Å². The molecule has 0 fully saturated rings. The fourth-order valence-corrected chi connectivity index (χ4v) is 0.128. The van der Waals surface area contributed by atoms with E-state index in [2.05, 4.69) is 30.9 Å². The van der Waals surface area contributed by atoms with Gasteiger partial charge in [0.25, 0.3) is 0 Å². The van der Waals surface area contributed by atoms with Crippen molar-refractivity contribution in [3.8, 4) is 0 Å². The maximum Gasteiger partial charge on any atom is 0.187 e. The SMILES string of the molecule is [AlH3].[Al].[B][B][B].[B][B][B].[B][B][B]B([B])[B]. The van der Waals surface area contributed by atoms with Crippen LogP contribution in [-0.2, 0) is 0 Å². The highest BCUT2D eigenvalue weighted by Gasteiger charge is 1.90. The summed E-state index contributed by atoms with van der Waals surface area (Å²) in [6.07, 6.45) is -0.407. The van der Waals surface area contributed by atoms with Gasteiger partial charge in [-0.15, -0.1) is 0 Å². The summed E-state index contributed by atoms with van der Waals surface area (Å²) in [4.78, 5) is 0. The Labute approximate surface area is 123 Å². The summed E-state index contributed by atoms with van der Waals surface area (Å²) in [5, 5.41) is 0. The third kappa shape index (κ3) is 97.3. The highest BCUT2D eigenvalue weighted by molar-refractivity contribution is 7.66. The van der Waals surface area contributed by atoms with Gasteiger partial charge in [-0.25, -0.2) is 0 Å². The van der Waals surface area contributed by atoms with Gasteiger partial charge in [0.15, 0.2) is 17.4 Å². The van der Waals surface area contributed by atoms with Crippen LogP contribution in [0.4, 0.5) is 0 Å². The molecule has 0 amide bonds. The van der Waals surface area contributed by atoms with E-state index in [-0.39, 0.29) is 34.7 Å². The van der Waals surface area contributed by atoms with Crippen molar-refractivity contribution in [3.05, 3.63) is 0 Å². The first-order chi connectivity index (χ1) is 5.60. The maximum absolute atomic E-state index is 5.01. The van der Waals surface area contributed by atoms with Crippen LogP contribution in [0.2, 0.25) is 0 Å². The van der Waals surface area contributed by atoms with Crippen LogP contribution in [0, 0.1) is 0 Å². The Hall–Kier alpha value is 1.84. The Morgan fingerprint density at radius 2 is 1.00 bits per heavy atom. The quantitative estimate of drug-likeness (QED) is 0.377. The van der Waals surface area contributed by atoms with Gasteiger partial charge in [-0.05, 0) is 0 Å². The first-order valence-electron chi connectivity index (χ1n) is 3.00. The monoisotopic (exact) mass is 189 g/mol. The Morgan fingerprint density at radius 1 is 0.786 bits per heavy atom. The van der Waals surface area contributed by atoms with E-state index in [1.807, 2.05) is 0 Å². The molecule has 14 heteroatoms. The first-order valence-corrected chi connectivity index (χ1v) is 3.00. The van der Waals surface area contributed by atoms with Gasteiger partial charge >= 0.3 is 0 Å². The molecule has 0 aliphatic heterocycles. The van der Waals surface area contributed by atoms with E-state index in [1.54, 1.807) is 0 Å². The summed E-state index contributed by atoms with van der Waals surface area (Å²) >= 11 is 0. The highest BCUT2D eigenvalue weighted by atomic mass is 27.0. The molecular formula is H3Al2B12. The topological polar surface area (TPSA) is 0 Å². The molecule has 0 atom stereocenters. The fourth-order valence-electron chi connectivity index (χ4n) is 0.128. The van der Waals surface area contributed by atoms with Crippen LogP contribution in [0.25, 0.3) is 0 Å². The van der Waals surface area contributed by atoms with Crippen LogP contribution in [0.3, 0.4) is 0 Å². The predicted molar refractivity (Wildman–Crippen MR) is 84.7 cm³/mol. The molecule has 0 aromatic carbocycles. The fraction of sp³-hybridized carbons (Fsp3) is 0. The summed E-state index contributed by atoms with van der Waals surface area (Å²) in [5.41, 5.74) is 0. The lowest BCUT2D eigenvalue weighted by Crippen LogP contribution is -2.28. The second-order valence-electron chi connectivity index (χ2n) is 1.35. The van der Waals surface area contributed by atoms with Crippen LogP contribution in [0.15, 0.2) is 0 Å². The van der Waals surface area contributed by atoms with Crippen molar-refractivity contribution < 1.29 is 0 Å². The molecule has 0 nitrogen and oxygen atoms in total. The number of rotatable bonds is 2. The van der Waals surface area contributed by atoms with Crippen molar-refractivity contribution in [3.63, 3.8) is 0 Å². The maximum atomic E-state index is 5.01. The van der Waals surface area contributed by atoms with E-state index >= 15 is 0 Å². The molecule has 0 unspecified atom stereocenters. The number of hydrogen-bond donors (Lipinski definition) is 0. The normalized spacial score (nSPS) is 4.57. The molecule has 0 saturated heterocycles. The standard InChI is InChI=1S/2Al.B6.2B3.3H/c;;1-4-5-6(2)3;2*1-3-2;;;. The Kier molecular flexibility index (Phi) is 77.1. The van der Waals surface area contributed by atoms with Gasteiger partial charge in [0.2, 0.25) is 0 Å². The molecule has 0 spiro atoms. The summed E-state index contributed by atoms with van der Waals surface area (Å²) in [7, 11) is 37.7. The van der Waals surface area contributed by atoms with Crippen LogP contribution >= 0.6 is 0 Å². The van der Waals surface area contributed by atoms with Gasteiger partial charge in [0, 0.05) is 106 Å². The zero-order chi connectivity index (χ0) is 10.4. The predicted octanol–water partition coefficient (Wildman–Crippen LogP) is -6.13. The zero-order valence-corrected chi connectivity index (χ0v) is 8.66. The van der Waals surface area contributed by atoms with Crippen molar-refractivity contribution >= 4 is 124 Å². The van der Waals surface area contributed by atoms with Gasteiger partial charge in [0.05, 0.1) is 0 Å². The molecule has 0 saturated carbocycles. The minimum Gasteiger partial charge on any atom is 0 e. The minimum absolute atomic E-state index is 0. The third-order valence-corrected chi connectivity index (χ3v) is 0.333. The van der Waals surface area contributed by atoms with Gasteiger partial charge in [-0.2, -0.15) is 0 Å². The molecule has 45 valence electrons. The van der Waals surface area contributed by atoms with Gasteiger partial charge < -0.3 is 0 Å². The van der Waals surface area contributed by atoms with E-state index in [0.717, 1.165) is 14.1 Å². The minimum atomic E-state index is -0.407. The summed E-state index contributed by atoms with van der Waals surface area (Å²) in [5.74, 6) is 0. The van der Waals surface area contributed by atoms with Gasteiger partial charge in [-0.3, -0.25) is 0 Å². The van der Waals surface area contributed by atoms with Crippen molar-refractivity contribution in [2.45, 2.75) is 0 Å². The molecule has 0 rings (SSSR count). The molecular weight excluding hydrogens is 184 g/mol. The van der Waals surface area contributed by atoms with Crippen molar-refractivity contribution in [1.29, 1.82) is 0 Å². The Balaban J connectivity index is -0.0000000297. The molecule has 0 aliphatic carbocycles. The third-order valence-electron chi connectivity index (χ3n) is 0.333.